The lowest BCUT2D eigenvalue weighted by atomic mass is 10.0. The van der Waals surface area contributed by atoms with E-state index in [0.29, 0.717) is 12.3 Å². The molecule has 0 saturated carbocycles. The Morgan fingerprint density at radius 1 is 1.03 bits per heavy atom. The van der Waals surface area contributed by atoms with Crippen molar-refractivity contribution in [2.24, 2.45) is 7.05 Å². The SMILES string of the molecule is COc1ccccc1CN1C(=O)CSc2c(c3ccccc3n2C)[C@H]1C(=O)NCc1ccccc1. The maximum Gasteiger partial charge on any atom is 0.247 e. The molecule has 3 aromatic carbocycles. The van der Waals surface area contributed by atoms with Crippen LogP contribution in [-0.2, 0) is 29.7 Å². The molecule has 0 radical (unpaired) electrons. The summed E-state index contributed by atoms with van der Waals surface area (Å²) >= 11 is 1.49. The first kappa shape index (κ1) is 23.1. The second-order valence-electron chi connectivity index (χ2n) is 8.52. The van der Waals surface area contributed by atoms with Gasteiger partial charge in [0.25, 0.3) is 0 Å². The fourth-order valence-corrected chi connectivity index (χ4v) is 5.80. The number of amides is 2. The van der Waals surface area contributed by atoms with Crippen molar-refractivity contribution in [1.29, 1.82) is 0 Å². The number of ether oxygens (including phenoxy) is 1. The van der Waals surface area contributed by atoms with E-state index in [1.807, 2.05) is 79.8 Å². The molecular weight excluding hydrogens is 458 g/mol. The standard InChI is InChI=1S/C28H27N3O3S/c1-30-22-14-8-7-13-21(22)25-26(27(33)29-16-19-10-4-3-5-11-19)31(24(32)18-35-28(25)30)17-20-12-6-9-15-23(20)34-2/h3-15,26H,16-18H2,1-2H3,(H,29,33)/t26-/m0/s1. The quantitative estimate of drug-likeness (QED) is 0.431. The Morgan fingerprint density at radius 2 is 1.74 bits per heavy atom. The van der Waals surface area contributed by atoms with Crippen LogP contribution in [0.25, 0.3) is 10.9 Å². The average Bonchev–Trinajstić information content (AvgIpc) is 3.08. The molecule has 0 unspecified atom stereocenters. The van der Waals surface area contributed by atoms with Crippen molar-refractivity contribution >= 4 is 34.5 Å². The molecule has 0 fully saturated rings. The Kier molecular flexibility index (Phi) is 6.51. The summed E-state index contributed by atoms with van der Waals surface area (Å²) in [4.78, 5) is 29.1. The summed E-state index contributed by atoms with van der Waals surface area (Å²) in [5, 5.41) is 5.02. The van der Waals surface area contributed by atoms with Crippen LogP contribution in [0, 0.1) is 0 Å². The zero-order chi connectivity index (χ0) is 24.4. The number of fused-ring (bicyclic) bond motifs is 3. The van der Waals surface area contributed by atoms with Crippen molar-refractivity contribution in [3.05, 3.63) is 95.6 Å². The van der Waals surface area contributed by atoms with E-state index in [1.165, 1.54) is 11.8 Å². The highest BCUT2D eigenvalue weighted by atomic mass is 32.2. The van der Waals surface area contributed by atoms with Gasteiger partial charge in [-0.1, -0.05) is 78.5 Å². The van der Waals surface area contributed by atoms with Crippen LogP contribution in [0.2, 0.25) is 0 Å². The van der Waals surface area contributed by atoms with Gasteiger partial charge in [0.05, 0.1) is 24.4 Å². The van der Waals surface area contributed by atoms with Gasteiger partial charge in [-0.15, -0.1) is 0 Å². The maximum absolute atomic E-state index is 13.9. The largest absolute Gasteiger partial charge is 0.496 e. The van der Waals surface area contributed by atoms with Crippen molar-refractivity contribution in [1.82, 2.24) is 14.8 Å². The number of rotatable bonds is 6. The third-order valence-electron chi connectivity index (χ3n) is 6.42. The first-order valence-electron chi connectivity index (χ1n) is 11.5. The number of carbonyl (C=O) groups excluding carboxylic acids is 2. The van der Waals surface area contributed by atoms with Gasteiger partial charge in [-0.2, -0.15) is 0 Å². The van der Waals surface area contributed by atoms with Crippen LogP contribution in [0.5, 0.6) is 5.75 Å². The average molecular weight is 486 g/mol. The van der Waals surface area contributed by atoms with Crippen molar-refractivity contribution in [2.45, 2.75) is 24.2 Å². The van der Waals surface area contributed by atoms with Gasteiger partial charge in [0.2, 0.25) is 11.8 Å². The number of nitrogens with one attached hydrogen (secondary N) is 1. The number of thioether (sulfide) groups is 1. The van der Waals surface area contributed by atoms with Crippen LogP contribution in [0.1, 0.15) is 22.7 Å². The lowest BCUT2D eigenvalue weighted by Gasteiger charge is -2.30. The van der Waals surface area contributed by atoms with Gasteiger partial charge in [-0.25, -0.2) is 0 Å². The number of carbonyl (C=O) groups is 2. The van der Waals surface area contributed by atoms with Crippen LogP contribution in [0.3, 0.4) is 0 Å². The summed E-state index contributed by atoms with van der Waals surface area (Å²) < 4.78 is 7.64. The Balaban J connectivity index is 1.61. The monoisotopic (exact) mass is 485 g/mol. The third kappa shape index (κ3) is 4.39. The molecule has 6 nitrogen and oxygen atoms in total. The predicted molar refractivity (Wildman–Crippen MR) is 138 cm³/mol. The summed E-state index contributed by atoms with van der Waals surface area (Å²) in [7, 11) is 3.61. The summed E-state index contributed by atoms with van der Waals surface area (Å²) in [5.74, 6) is 0.673. The van der Waals surface area contributed by atoms with Crippen LogP contribution in [-0.4, -0.2) is 34.1 Å². The van der Waals surface area contributed by atoms with E-state index in [2.05, 4.69) is 16.0 Å². The predicted octanol–water partition coefficient (Wildman–Crippen LogP) is 4.68. The minimum atomic E-state index is -0.771. The number of aromatic nitrogens is 1. The normalized spacial score (nSPS) is 15.5. The second kappa shape index (κ2) is 9.88. The summed E-state index contributed by atoms with van der Waals surface area (Å²) in [6, 6.07) is 24.7. The van der Waals surface area contributed by atoms with Gasteiger partial charge in [0, 0.05) is 35.6 Å². The van der Waals surface area contributed by atoms with Crippen LogP contribution < -0.4 is 10.1 Å². The van der Waals surface area contributed by atoms with E-state index in [0.717, 1.165) is 32.6 Å². The van der Waals surface area contributed by atoms with Crippen LogP contribution in [0.4, 0.5) is 0 Å². The van der Waals surface area contributed by atoms with E-state index in [1.54, 1.807) is 12.0 Å². The third-order valence-corrected chi connectivity index (χ3v) is 7.58. The molecule has 0 saturated heterocycles. The molecule has 178 valence electrons. The van der Waals surface area contributed by atoms with E-state index in [4.69, 9.17) is 4.74 Å². The number of para-hydroxylation sites is 2. The van der Waals surface area contributed by atoms with Crippen LogP contribution >= 0.6 is 11.8 Å². The highest BCUT2D eigenvalue weighted by molar-refractivity contribution is 8.00. The molecule has 35 heavy (non-hydrogen) atoms. The van der Waals surface area contributed by atoms with Crippen LogP contribution in [0.15, 0.2) is 83.9 Å². The molecule has 2 amide bonds. The molecule has 0 spiro atoms. The molecule has 1 aliphatic rings. The molecule has 4 aromatic rings. The first-order chi connectivity index (χ1) is 17.1. The molecule has 5 rings (SSSR count). The molecule has 1 aliphatic heterocycles. The maximum atomic E-state index is 13.9. The Hall–Kier alpha value is -3.71. The summed E-state index contributed by atoms with van der Waals surface area (Å²) in [6.07, 6.45) is 0. The first-order valence-corrected chi connectivity index (χ1v) is 12.5. The fraction of sp³-hybridized carbons (Fsp3) is 0.214. The number of benzene rings is 3. The van der Waals surface area contributed by atoms with Crippen molar-refractivity contribution < 1.29 is 14.3 Å². The van der Waals surface area contributed by atoms with Gasteiger partial charge < -0.3 is 19.5 Å². The summed E-state index contributed by atoms with van der Waals surface area (Å²) in [5.41, 5.74) is 3.78. The molecule has 0 bridgehead atoms. The van der Waals surface area contributed by atoms with Crippen molar-refractivity contribution in [3.63, 3.8) is 0 Å². The number of methoxy groups -OCH3 is 1. The van der Waals surface area contributed by atoms with E-state index in [9.17, 15) is 9.59 Å². The molecule has 1 aromatic heterocycles. The molecule has 0 aliphatic carbocycles. The lowest BCUT2D eigenvalue weighted by Crippen LogP contribution is -2.43. The van der Waals surface area contributed by atoms with Crippen molar-refractivity contribution in [3.8, 4) is 5.75 Å². The molecule has 1 N–H and O–H groups in total. The van der Waals surface area contributed by atoms with Gasteiger partial charge in [0.15, 0.2) is 0 Å². The second-order valence-corrected chi connectivity index (χ2v) is 9.49. The highest BCUT2D eigenvalue weighted by Crippen LogP contribution is 2.42. The van der Waals surface area contributed by atoms with Gasteiger partial charge in [0.1, 0.15) is 11.8 Å². The number of nitrogens with zero attached hydrogens (tertiary/aromatic N) is 2. The molecule has 7 heteroatoms. The van der Waals surface area contributed by atoms with E-state index < -0.39 is 6.04 Å². The van der Waals surface area contributed by atoms with E-state index >= 15 is 0 Å². The number of hydrogen-bond donors (Lipinski definition) is 1. The zero-order valence-corrected chi connectivity index (χ0v) is 20.5. The molecule has 2 heterocycles. The molecular formula is C28H27N3O3S. The van der Waals surface area contributed by atoms with Gasteiger partial charge in [-0.05, 0) is 17.7 Å². The molecule has 1 atom stereocenters. The minimum absolute atomic E-state index is 0.0824. The topological polar surface area (TPSA) is 63.6 Å². The smallest absolute Gasteiger partial charge is 0.247 e. The zero-order valence-electron chi connectivity index (χ0n) is 19.7. The minimum Gasteiger partial charge on any atom is -0.496 e. The van der Waals surface area contributed by atoms with Gasteiger partial charge >= 0.3 is 0 Å². The summed E-state index contributed by atoms with van der Waals surface area (Å²) in [6.45, 7) is 0.662. The Labute approximate surface area is 208 Å². The van der Waals surface area contributed by atoms with Gasteiger partial charge in [-0.3, -0.25) is 9.59 Å². The fourth-order valence-electron chi connectivity index (χ4n) is 4.70. The van der Waals surface area contributed by atoms with Crippen molar-refractivity contribution in [2.75, 3.05) is 12.9 Å². The number of hydrogen-bond acceptors (Lipinski definition) is 4. The van der Waals surface area contributed by atoms with E-state index in [-0.39, 0.29) is 24.1 Å². The lowest BCUT2D eigenvalue weighted by molar-refractivity contribution is -0.139. The Bertz CT molecular complexity index is 1380. The highest BCUT2D eigenvalue weighted by Gasteiger charge is 2.39. The Morgan fingerprint density at radius 3 is 2.54 bits per heavy atom. The number of aryl methyl sites for hydroxylation is 1.